The number of ether oxygens (including phenoxy) is 2. The van der Waals surface area contributed by atoms with E-state index < -0.39 is 0 Å². The Morgan fingerprint density at radius 2 is 2.12 bits per heavy atom. The van der Waals surface area contributed by atoms with Crippen molar-refractivity contribution >= 4 is 23.6 Å². The molecule has 24 heavy (non-hydrogen) atoms. The number of halogens is 1. The molecular weight excluding hydrogens is 328 g/mol. The molecule has 0 spiro atoms. The van der Waals surface area contributed by atoms with Gasteiger partial charge in [0.2, 0.25) is 5.91 Å². The molecule has 0 bridgehead atoms. The number of amides is 1. The van der Waals surface area contributed by atoms with Crippen LogP contribution in [0.4, 0.5) is 0 Å². The maximum Gasteiger partial charge on any atom is 0.246 e. The lowest BCUT2D eigenvalue weighted by molar-refractivity contribution is -0.125. The van der Waals surface area contributed by atoms with E-state index in [0.717, 1.165) is 5.56 Å². The molecule has 1 aromatic carbocycles. The van der Waals surface area contributed by atoms with Crippen LogP contribution in [-0.2, 0) is 4.79 Å². The normalized spacial score (nSPS) is 10.6. The van der Waals surface area contributed by atoms with E-state index in [9.17, 15) is 4.79 Å². The van der Waals surface area contributed by atoms with E-state index in [0.29, 0.717) is 29.7 Å². The van der Waals surface area contributed by atoms with Gasteiger partial charge >= 0.3 is 0 Å². The average Bonchev–Trinajstić information content (AvgIpc) is 2.59. The summed E-state index contributed by atoms with van der Waals surface area (Å²) in [7, 11) is 3.29. The first-order valence-electron chi connectivity index (χ1n) is 7.39. The summed E-state index contributed by atoms with van der Waals surface area (Å²) in [6.07, 6.45) is 6.47. The van der Waals surface area contributed by atoms with Crippen LogP contribution in [0.25, 0.3) is 6.08 Å². The van der Waals surface area contributed by atoms with Crippen molar-refractivity contribution in [2.75, 3.05) is 27.3 Å². The second-order valence-corrected chi connectivity index (χ2v) is 5.49. The van der Waals surface area contributed by atoms with E-state index in [2.05, 4.69) is 4.98 Å². The van der Waals surface area contributed by atoms with E-state index in [1.54, 1.807) is 55.7 Å². The van der Waals surface area contributed by atoms with E-state index in [1.807, 2.05) is 12.1 Å². The molecule has 1 amide bonds. The van der Waals surface area contributed by atoms with Crippen LogP contribution in [-0.4, -0.2) is 43.1 Å². The third-order valence-corrected chi connectivity index (χ3v) is 3.49. The highest BCUT2D eigenvalue weighted by molar-refractivity contribution is 6.30. The van der Waals surface area contributed by atoms with E-state index in [4.69, 9.17) is 21.1 Å². The minimum atomic E-state index is -0.118. The summed E-state index contributed by atoms with van der Waals surface area (Å²) in [5.41, 5.74) is 0.797. The Morgan fingerprint density at radius 3 is 2.88 bits per heavy atom. The minimum Gasteiger partial charge on any atom is -0.495 e. The first-order valence-corrected chi connectivity index (χ1v) is 7.77. The molecule has 0 saturated heterocycles. The molecular formula is C18H19ClN2O3. The highest BCUT2D eigenvalue weighted by Gasteiger charge is 2.05. The topological polar surface area (TPSA) is 51.7 Å². The number of carbonyl (C=O) groups is 1. The number of rotatable bonds is 7. The van der Waals surface area contributed by atoms with Gasteiger partial charge in [0.05, 0.1) is 19.9 Å². The van der Waals surface area contributed by atoms with Gasteiger partial charge in [0.25, 0.3) is 0 Å². The standard InChI is InChI=1S/C18H19ClN2O3/c1-21(8-9-24-16-5-3-4-15(19)11-16)18(22)7-6-14-10-17(23-2)13-20-12-14/h3-7,10-13H,8-9H2,1-2H3/b7-6+. The van der Waals surface area contributed by atoms with Gasteiger partial charge in [0.1, 0.15) is 18.1 Å². The smallest absolute Gasteiger partial charge is 0.246 e. The molecule has 0 fully saturated rings. The summed E-state index contributed by atoms with van der Waals surface area (Å²) in [6, 6.07) is 8.96. The minimum absolute atomic E-state index is 0.118. The molecule has 6 heteroatoms. The fourth-order valence-electron chi connectivity index (χ4n) is 1.90. The zero-order chi connectivity index (χ0) is 17.4. The molecule has 0 aliphatic heterocycles. The lowest BCUT2D eigenvalue weighted by Gasteiger charge is -2.15. The molecule has 0 aliphatic rings. The summed E-state index contributed by atoms with van der Waals surface area (Å²) < 4.78 is 10.7. The fraction of sp³-hybridized carbons (Fsp3) is 0.222. The SMILES string of the molecule is COc1cncc(/C=C/C(=O)N(C)CCOc2cccc(Cl)c2)c1. The number of hydrogen-bond acceptors (Lipinski definition) is 4. The number of hydrogen-bond donors (Lipinski definition) is 0. The van der Waals surface area contributed by atoms with Crippen LogP contribution in [0.5, 0.6) is 11.5 Å². The number of aromatic nitrogens is 1. The first-order chi connectivity index (χ1) is 11.6. The van der Waals surface area contributed by atoms with Gasteiger partial charge in [-0.2, -0.15) is 0 Å². The molecule has 126 valence electrons. The molecule has 0 atom stereocenters. The van der Waals surface area contributed by atoms with Crippen LogP contribution in [0, 0.1) is 0 Å². The van der Waals surface area contributed by atoms with Crippen LogP contribution in [0.3, 0.4) is 0 Å². The van der Waals surface area contributed by atoms with Gasteiger partial charge in [-0.3, -0.25) is 9.78 Å². The Balaban J connectivity index is 1.82. The third kappa shape index (κ3) is 5.59. The van der Waals surface area contributed by atoms with E-state index in [-0.39, 0.29) is 5.91 Å². The Kier molecular flexibility index (Phi) is 6.63. The maximum absolute atomic E-state index is 12.1. The molecule has 1 aromatic heterocycles. The van der Waals surface area contributed by atoms with E-state index >= 15 is 0 Å². The maximum atomic E-state index is 12.1. The fourth-order valence-corrected chi connectivity index (χ4v) is 2.08. The Bertz CT molecular complexity index is 719. The van der Waals surface area contributed by atoms with Crippen molar-refractivity contribution in [3.05, 3.63) is 59.4 Å². The quantitative estimate of drug-likeness (QED) is 0.722. The van der Waals surface area contributed by atoms with Crippen molar-refractivity contribution in [1.82, 2.24) is 9.88 Å². The summed E-state index contributed by atoms with van der Waals surface area (Å²) in [4.78, 5) is 17.7. The zero-order valence-electron chi connectivity index (χ0n) is 13.6. The molecule has 2 aromatic rings. The summed E-state index contributed by atoms with van der Waals surface area (Å²) >= 11 is 5.89. The van der Waals surface area contributed by atoms with Gasteiger partial charge < -0.3 is 14.4 Å². The van der Waals surface area contributed by atoms with Gasteiger partial charge in [-0.25, -0.2) is 0 Å². The molecule has 0 N–H and O–H groups in total. The second-order valence-electron chi connectivity index (χ2n) is 5.06. The number of benzene rings is 1. The molecule has 0 radical (unpaired) electrons. The lowest BCUT2D eigenvalue weighted by Crippen LogP contribution is -2.29. The Labute approximate surface area is 146 Å². The summed E-state index contributed by atoms with van der Waals surface area (Å²) in [6.45, 7) is 0.850. The Hall–Kier alpha value is -2.53. The van der Waals surface area contributed by atoms with Gasteiger partial charge in [0, 0.05) is 24.3 Å². The van der Waals surface area contributed by atoms with Gasteiger partial charge in [0.15, 0.2) is 0 Å². The zero-order valence-corrected chi connectivity index (χ0v) is 14.4. The van der Waals surface area contributed by atoms with Crippen molar-refractivity contribution in [2.45, 2.75) is 0 Å². The van der Waals surface area contributed by atoms with Crippen LogP contribution in [0.1, 0.15) is 5.56 Å². The van der Waals surface area contributed by atoms with Crippen molar-refractivity contribution in [1.29, 1.82) is 0 Å². The third-order valence-electron chi connectivity index (χ3n) is 3.26. The largest absolute Gasteiger partial charge is 0.495 e. The number of pyridine rings is 1. The highest BCUT2D eigenvalue weighted by atomic mass is 35.5. The number of nitrogens with zero attached hydrogens (tertiary/aromatic N) is 2. The predicted octanol–water partition coefficient (Wildman–Crippen LogP) is 3.29. The van der Waals surface area contributed by atoms with E-state index in [1.165, 1.54) is 6.08 Å². The molecule has 0 unspecified atom stereocenters. The average molecular weight is 347 g/mol. The Morgan fingerprint density at radius 1 is 1.29 bits per heavy atom. The van der Waals surface area contributed by atoms with Gasteiger partial charge in [-0.15, -0.1) is 0 Å². The number of carbonyl (C=O) groups excluding carboxylic acids is 1. The number of likely N-dealkylation sites (N-methyl/N-ethyl adjacent to an activating group) is 1. The molecule has 0 saturated carbocycles. The molecule has 5 nitrogen and oxygen atoms in total. The monoisotopic (exact) mass is 346 g/mol. The van der Waals surface area contributed by atoms with Crippen molar-refractivity contribution < 1.29 is 14.3 Å². The predicted molar refractivity (Wildman–Crippen MR) is 94.4 cm³/mol. The van der Waals surface area contributed by atoms with Crippen LogP contribution >= 0.6 is 11.6 Å². The summed E-state index contributed by atoms with van der Waals surface area (Å²) in [5.74, 6) is 1.21. The molecule has 1 heterocycles. The number of methoxy groups -OCH3 is 1. The van der Waals surface area contributed by atoms with Crippen molar-refractivity contribution in [2.24, 2.45) is 0 Å². The lowest BCUT2D eigenvalue weighted by atomic mass is 10.2. The molecule has 0 aliphatic carbocycles. The summed E-state index contributed by atoms with van der Waals surface area (Å²) in [5, 5.41) is 0.617. The van der Waals surface area contributed by atoms with Gasteiger partial charge in [-0.1, -0.05) is 17.7 Å². The van der Waals surface area contributed by atoms with Crippen molar-refractivity contribution in [3.8, 4) is 11.5 Å². The second kappa shape index (κ2) is 8.93. The van der Waals surface area contributed by atoms with Crippen molar-refractivity contribution in [3.63, 3.8) is 0 Å². The van der Waals surface area contributed by atoms with Crippen LogP contribution in [0.2, 0.25) is 5.02 Å². The molecule has 2 rings (SSSR count). The first kappa shape index (κ1) is 17.8. The highest BCUT2D eigenvalue weighted by Crippen LogP contribution is 2.17. The van der Waals surface area contributed by atoms with Crippen LogP contribution in [0.15, 0.2) is 48.8 Å². The van der Waals surface area contributed by atoms with Gasteiger partial charge in [-0.05, 0) is 35.9 Å². The van der Waals surface area contributed by atoms with Crippen LogP contribution < -0.4 is 9.47 Å².